The number of carbonyl (C=O) groups excluding carboxylic acids is 4. The largest absolute Gasteiger partial charge is 0.471 e. The van der Waals surface area contributed by atoms with Gasteiger partial charge in [-0.05, 0) is 61.8 Å². The number of alkyl carbamates (subject to hydrolysis) is 1. The van der Waals surface area contributed by atoms with E-state index in [0.717, 1.165) is 30.6 Å². The molecule has 3 N–H and O–H groups in total. The zero-order valence-electron chi connectivity index (χ0n) is 30.5. The molecule has 0 spiro atoms. The van der Waals surface area contributed by atoms with E-state index in [1.165, 1.54) is 28.7 Å². The molecule has 3 saturated carbocycles. The normalized spacial score (nSPS) is 29.7. The van der Waals surface area contributed by atoms with Gasteiger partial charge in [-0.2, -0.15) is 0 Å². The number of nitrogens with one attached hydrogen (secondary N) is 3. The van der Waals surface area contributed by atoms with Crippen LogP contribution in [0.25, 0.3) is 0 Å². The number of hydrogen-bond acceptors (Lipinski definition) is 13. The minimum atomic E-state index is -3.91. The van der Waals surface area contributed by atoms with Crippen molar-refractivity contribution < 1.29 is 37.1 Å². The van der Waals surface area contributed by atoms with Crippen molar-refractivity contribution in [2.45, 2.75) is 119 Å². The van der Waals surface area contributed by atoms with Crippen LogP contribution < -0.4 is 15.4 Å². The molecule has 0 radical (unpaired) electrons. The van der Waals surface area contributed by atoms with Crippen molar-refractivity contribution in [3.8, 4) is 0 Å². The Bertz CT molecular complexity index is 1910. The Morgan fingerprint density at radius 3 is 2.52 bits per heavy atom. The number of sulfonamides is 1. The molecule has 1 aromatic rings. The summed E-state index contributed by atoms with van der Waals surface area (Å²) in [6.07, 6.45) is 6.76. The van der Waals surface area contributed by atoms with Crippen LogP contribution in [-0.2, 0) is 33.9 Å². The standard InChI is InChI=1S/C36H46N8O8S2/c1-5-20-16-36(20,33(47)43-54(49,50)23-12-13-23)42-30(45)25-15-22(51-31-27(26-11-8-14-53-26)40-29-24(39-31)17-37-19-38-29)18-44(25)32(46)28(35(2,3)4)41-34(48)52-21-9-6-7-10-21/h5,8,11,14,17,19-25,28-29H,1,6-7,9-10,12-13,15-16,18H2,2-4H3,(H,41,48)(H,42,45)(H,43,47)/t20-,22-,24?,25+,28-,29?,36?/m1/s1. The molecule has 54 heavy (non-hydrogen) atoms. The molecule has 7 rings (SSSR count). The van der Waals surface area contributed by atoms with Crippen molar-refractivity contribution in [2.24, 2.45) is 31.3 Å². The predicted molar refractivity (Wildman–Crippen MR) is 202 cm³/mol. The fraction of sp³-hybridized carbons (Fsp3) is 0.611. The number of amides is 4. The van der Waals surface area contributed by atoms with E-state index in [4.69, 9.17) is 19.5 Å². The fourth-order valence-electron chi connectivity index (χ4n) is 7.34. The van der Waals surface area contributed by atoms with Crippen LogP contribution in [0.5, 0.6) is 0 Å². The van der Waals surface area contributed by atoms with Crippen LogP contribution in [0.3, 0.4) is 0 Å². The number of likely N-dealkylation sites (tertiary alicyclic amines) is 1. The number of nitrogens with zero attached hydrogens (tertiary/aromatic N) is 5. The van der Waals surface area contributed by atoms with E-state index in [1.54, 1.807) is 27.0 Å². The molecule has 290 valence electrons. The Morgan fingerprint density at radius 2 is 1.87 bits per heavy atom. The molecular weight excluding hydrogens is 737 g/mol. The SMILES string of the molecule is C=C[C@@H]1CC1(NC(=O)[C@@H]1C[C@@H](OC2=NC3C=NC=NC3N=C2c2cccs2)CN1C(=O)[C@@H](NC(=O)OC1CCCC1)C(C)(C)C)C(=O)NS(=O)(=O)C1CC1. The van der Waals surface area contributed by atoms with Crippen LogP contribution >= 0.6 is 11.3 Å². The highest BCUT2D eigenvalue weighted by Gasteiger charge is 2.62. The second-order valence-electron chi connectivity index (χ2n) is 15.8. The lowest BCUT2D eigenvalue weighted by Gasteiger charge is -2.35. The molecule has 3 aliphatic carbocycles. The first-order valence-corrected chi connectivity index (χ1v) is 20.8. The Morgan fingerprint density at radius 1 is 1.11 bits per heavy atom. The Labute approximate surface area is 318 Å². The summed E-state index contributed by atoms with van der Waals surface area (Å²) in [6.45, 7) is 9.11. The minimum absolute atomic E-state index is 0.00510. The summed E-state index contributed by atoms with van der Waals surface area (Å²) in [5.41, 5.74) is -1.90. The van der Waals surface area contributed by atoms with Gasteiger partial charge in [0, 0.05) is 18.6 Å². The molecule has 18 heteroatoms. The van der Waals surface area contributed by atoms with Crippen LogP contribution in [0.4, 0.5) is 4.79 Å². The number of rotatable bonds is 11. The van der Waals surface area contributed by atoms with Crippen molar-refractivity contribution in [3.63, 3.8) is 0 Å². The number of fused-ring (bicyclic) bond motifs is 1. The fourth-order valence-corrected chi connectivity index (χ4v) is 9.41. The molecule has 3 aliphatic heterocycles. The third kappa shape index (κ3) is 7.85. The first-order chi connectivity index (χ1) is 25.7. The molecule has 0 bridgehead atoms. The van der Waals surface area contributed by atoms with Gasteiger partial charge in [0.1, 0.15) is 47.9 Å². The van der Waals surface area contributed by atoms with Gasteiger partial charge in [-0.25, -0.2) is 33.2 Å². The number of carbonyl (C=O) groups is 4. The summed E-state index contributed by atoms with van der Waals surface area (Å²) >= 11 is 1.45. The molecule has 7 atom stereocenters. The van der Waals surface area contributed by atoms with Gasteiger partial charge in [0.25, 0.3) is 5.91 Å². The van der Waals surface area contributed by atoms with E-state index in [-0.39, 0.29) is 31.4 Å². The maximum atomic E-state index is 14.6. The van der Waals surface area contributed by atoms with Gasteiger partial charge in [-0.15, -0.1) is 17.9 Å². The number of aliphatic imine (C=N–C) groups is 4. The van der Waals surface area contributed by atoms with Crippen molar-refractivity contribution in [3.05, 3.63) is 35.0 Å². The zero-order valence-corrected chi connectivity index (χ0v) is 32.1. The lowest BCUT2D eigenvalue weighted by Crippen LogP contribution is -2.60. The van der Waals surface area contributed by atoms with Gasteiger partial charge in [0.05, 0.1) is 16.7 Å². The summed E-state index contributed by atoms with van der Waals surface area (Å²) in [5.74, 6) is -2.39. The third-order valence-corrected chi connectivity index (χ3v) is 13.3. The molecule has 3 unspecified atom stereocenters. The molecule has 0 aromatic carbocycles. The van der Waals surface area contributed by atoms with Crippen LogP contribution in [0, 0.1) is 11.3 Å². The van der Waals surface area contributed by atoms with Gasteiger partial charge < -0.3 is 25.0 Å². The summed E-state index contributed by atoms with van der Waals surface area (Å²) in [6, 6.07) is 0.977. The summed E-state index contributed by atoms with van der Waals surface area (Å²) < 4.78 is 39.8. The quantitative estimate of drug-likeness (QED) is 0.284. The van der Waals surface area contributed by atoms with E-state index in [0.29, 0.717) is 18.6 Å². The molecular formula is C36H46N8O8S2. The Kier molecular flexibility index (Phi) is 10.3. The summed E-state index contributed by atoms with van der Waals surface area (Å²) in [5, 5.41) is 6.83. The van der Waals surface area contributed by atoms with Gasteiger partial charge in [0.2, 0.25) is 27.7 Å². The summed E-state index contributed by atoms with van der Waals surface area (Å²) in [4.78, 5) is 75.9. The van der Waals surface area contributed by atoms with E-state index >= 15 is 0 Å². The molecule has 4 heterocycles. The van der Waals surface area contributed by atoms with Crippen LogP contribution in [0.1, 0.15) is 77.0 Å². The van der Waals surface area contributed by atoms with Crippen molar-refractivity contribution in [1.82, 2.24) is 20.3 Å². The van der Waals surface area contributed by atoms with E-state index < -0.39 is 86.4 Å². The van der Waals surface area contributed by atoms with Gasteiger partial charge in [0.15, 0.2) is 6.17 Å². The molecule has 1 aromatic heterocycles. The second kappa shape index (κ2) is 14.7. The van der Waals surface area contributed by atoms with E-state index in [9.17, 15) is 27.6 Å². The third-order valence-electron chi connectivity index (χ3n) is 10.6. The van der Waals surface area contributed by atoms with Gasteiger partial charge >= 0.3 is 6.09 Å². The monoisotopic (exact) mass is 782 g/mol. The van der Waals surface area contributed by atoms with Crippen LogP contribution in [0.2, 0.25) is 0 Å². The molecule has 6 aliphatic rings. The molecule has 4 fully saturated rings. The number of ether oxygens (including phenoxy) is 2. The second-order valence-corrected chi connectivity index (χ2v) is 18.7. The van der Waals surface area contributed by atoms with Gasteiger partial charge in [-0.3, -0.25) is 19.1 Å². The van der Waals surface area contributed by atoms with Crippen LogP contribution in [-0.4, -0.2) is 115 Å². The maximum absolute atomic E-state index is 14.6. The molecule has 16 nitrogen and oxygen atoms in total. The average molecular weight is 783 g/mol. The molecule has 1 saturated heterocycles. The zero-order chi connectivity index (χ0) is 38.4. The summed E-state index contributed by atoms with van der Waals surface area (Å²) in [7, 11) is -3.91. The highest BCUT2D eigenvalue weighted by Crippen LogP contribution is 2.45. The first kappa shape index (κ1) is 37.8. The first-order valence-electron chi connectivity index (χ1n) is 18.4. The van der Waals surface area contributed by atoms with Crippen LogP contribution in [0.15, 0.2) is 50.1 Å². The number of hydrogen-bond donors (Lipinski definition) is 3. The Hall–Kier alpha value is -4.45. The lowest BCUT2D eigenvalue weighted by molar-refractivity contribution is -0.143. The highest BCUT2D eigenvalue weighted by molar-refractivity contribution is 7.91. The average Bonchev–Trinajstić information content (AvgIpc) is 3.88. The maximum Gasteiger partial charge on any atom is 0.408 e. The lowest BCUT2D eigenvalue weighted by atomic mass is 9.85. The number of thiophene rings is 1. The van der Waals surface area contributed by atoms with E-state index in [2.05, 4.69) is 31.9 Å². The Balaban J connectivity index is 1.16. The minimum Gasteiger partial charge on any atom is -0.471 e. The topological polar surface area (TPSA) is 210 Å². The molecule has 4 amide bonds. The smallest absolute Gasteiger partial charge is 0.408 e. The van der Waals surface area contributed by atoms with E-state index in [1.807, 2.05) is 17.5 Å². The van der Waals surface area contributed by atoms with Crippen molar-refractivity contribution in [2.75, 3.05) is 6.54 Å². The van der Waals surface area contributed by atoms with Crippen molar-refractivity contribution >= 4 is 69.3 Å². The highest BCUT2D eigenvalue weighted by atomic mass is 32.2. The predicted octanol–water partition coefficient (Wildman–Crippen LogP) is 2.50. The van der Waals surface area contributed by atoms with Gasteiger partial charge in [-0.1, -0.05) is 32.9 Å². The van der Waals surface area contributed by atoms with Crippen molar-refractivity contribution in [1.29, 1.82) is 0 Å².